The van der Waals surface area contributed by atoms with Crippen molar-refractivity contribution in [1.29, 1.82) is 0 Å². The van der Waals surface area contributed by atoms with Crippen LogP contribution in [0.3, 0.4) is 0 Å². The number of rotatable bonds is 3. The summed E-state index contributed by atoms with van der Waals surface area (Å²) in [5, 5.41) is 9.01. The molecule has 0 bridgehead atoms. The number of nitrogens with zero attached hydrogens (tertiary/aromatic N) is 1. The molecule has 6 heteroatoms. The van der Waals surface area contributed by atoms with E-state index in [1.54, 1.807) is 0 Å². The van der Waals surface area contributed by atoms with Gasteiger partial charge in [0.15, 0.2) is 0 Å². The van der Waals surface area contributed by atoms with Gasteiger partial charge in [0.25, 0.3) is 5.91 Å². The molecule has 5 nitrogen and oxygen atoms in total. The zero-order chi connectivity index (χ0) is 12.3. The lowest BCUT2D eigenvalue weighted by molar-refractivity contribution is 0.0946. The van der Waals surface area contributed by atoms with Crippen molar-refractivity contribution < 1.29 is 4.79 Å². The van der Waals surface area contributed by atoms with Gasteiger partial charge in [-0.15, -0.1) is 0 Å². The van der Waals surface area contributed by atoms with E-state index in [9.17, 15) is 4.79 Å². The number of amides is 1. The lowest BCUT2D eigenvalue weighted by atomic mass is 10.2. The maximum absolute atomic E-state index is 11.7. The zero-order valence-electron chi connectivity index (χ0n) is 8.90. The Bertz CT molecular complexity index is 521. The minimum absolute atomic E-state index is 0.225. The maximum Gasteiger partial charge on any atom is 0.269 e. The average molecular weight is 295 g/mol. The first-order valence-corrected chi connectivity index (χ1v) is 5.78. The molecule has 2 rings (SSSR count). The number of aromatic nitrogens is 2. The number of carbonyl (C=O) groups excluding carboxylic acids is 1. The summed E-state index contributed by atoms with van der Waals surface area (Å²) in [5.41, 5.74) is 6.80. The normalized spacial score (nSPS) is 10.2. The Morgan fingerprint density at radius 2 is 2.12 bits per heavy atom. The van der Waals surface area contributed by atoms with Crippen LogP contribution in [0.4, 0.5) is 5.82 Å². The number of benzene rings is 1. The van der Waals surface area contributed by atoms with Crippen molar-refractivity contribution in [2.24, 2.45) is 0 Å². The van der Waals surface area contributed by atoms with E-state index >= 15 is 0 Å². The molecule has 88 valence electrons. The van der Waals surface area contributed by atoms with Crippen molar-refractivity contribution in [3.05, 3.63) is 46.1 Å². The monoisotopic (exact) mass is 294 g/mol. The number of aromatic amines is 1. The lowest BCUT2D eigenvalue weighted by Crippen LogP contribution is -2.23. The van der Waals surface area contributed by atoms with Gasteiger partial charge in [0.05, 0.1) is 0 Å². The standard InChI is InChI=1S/C11H11BrN4O/c12-8-3-1-7(2-4-8)6-14-11(17)9-5-10(13)16-15-9/h1-5H,6H2,(H,14,17)(H3,13,15,16). The van der Waals surface area contributed by atoms with Crippen molar-refractivity contribution in [3.8, 4) is 0 Å². The molecule has 0 aliphatic rings. The van der Waals surface area contributed by atoms with Crippen molar-refractivity contribution >= 4 is 27.7 Å². The summed E-state index contributed by atoms with van der Waals surface area (Å²) >= 11 is 3.35. The molecule has 0 unspecified atom stereocenters. The lowest BCUT2D eigenvalue weighted by Gasteiger charge is -2.03. The van der Waals surface area contributed by atoms with Crippen LogP contribution in [0.2, 0.25) is 0 Å². The molecule has 1 aromatic carbocycles. The molecule has 0 saturated heterocycles. The Morgan fingerprint density at radius 1 is 1.41 bits per heavy atom. The third-order valence-corrected chi connectivity index (χ3v) is 2.74. The first kappa shape index (κ1) is 11.7. The van der Waals surface area contributed by atoms with Gasteiger partial charge < -0.3 is 11.1 Å². The highest BCUT2D eigenvalue weighted by Crippen LogP contribution is 2.10. The second-order valence-electron chi connectivity index (χ2n) is 3.52. The topological polar surface area (TPSA) is 83.8 Å². The molecule has 1 heterocycles. The van der Waals surface area contributed by atoms with Crippen LogP contribution in [-0.4, -0.2) is 16.1 Å². The molecule has 0 aliphatic carbocycles. The number of nitrogens with one attached hydrogen (secondary N) is 2. The number of hydrogen-bond donors (Lipinski definition) is 3. The number of nitrogens with two attached hydrogens (primary N) is 1. The Morgan fingerprint density at radius 3 is 2.71 bits per heavy atom. The van der Waals surface area contributed by atoms with E-state index < -0.39 is 0 Å². The average Bonchev–Trinajstić information content (AvgIpc) is 2.75. The second kappa shape index (κ2) is 5.01. The third kappa shape index (κ3) is 3.07. The van der Waals surface area contributed by atoms with Crippen LogP contribution in [0.15, 0.2) is 34.8 Å². The van der Waals surface area contributed by atoms with Gasteiger partial charge in [-0.25, -0.2) is 0 Å². The van der Waals surface area contributed by atoms with Crippen molar-refractivity contribution in [3.63, 3.8) is 0 Å². The van der Waals surface area contributed by atoms with E-state index in [0.29, 0.717) is 18.1 Å². The molecule has 0 fully saturated rings. The Hall–Kier alpha value is -1.82. The first-order valence-electron chi connectivity index (χ1n) is 4.98. The molecule has 1 aromatic heterocycles. The van der Waals surface area contributed by atoms with Crippen LogP contribution in [0.5, 0.6) is 0 Å². The van der Waals surface area contributed by atoms with Crippen LogP contribution in [0.1, 0.15) is 16.1 Å². The highest BCUT2D eigenvalue weighted by molar-refractivity contribution is 9.10. The van der Waals surface area contributed by atoms with Crippen LogP contribution in [0, 0.1) is 0 Å². The van der Waals surface area contributed by atoms with Gasteiger partial charge in [-0.2, -0.15) is 5.10 Å². The van der Waals surface area contributed by atoms with Crippen LogP contribution < -0.4 is 11.1 Å². The summed E-state index contributed by atoms with van der Waals surface area (Å²) in [6.45, 7) is 0.463. The van der Waals surface area contributed by atoms with Gasteiger partial charge in [-0.05, 0) is 17.7 Å². The van der Waals surface area contributed by atoms with E-state index in [-0.39, 0.29) is 5.91 Å². The highest BCUT2D eigenvalue weighted by atomic mass is 79.9. The van der Waals surface area contributed by atoms with Gasteiger partial charge >= 0.3 is 0 Å². The number of hydrogen-bond acceptors (Lipinski definition) is 3. The number of nitrogen functional groups attached to an aromatic ring is 1. The van der Waals surface area contributed by atoms with Crippen molar-refractivity contribution in [2.75, 3.05) is 5.73 Å². The Kier molecular flexibility index (Phi) is 3.43. The van der Waals surface area contributed by atoms with Crippen molar-refractivity contribution in [2.45, 2.75) is 6.54 Å². The van der Waals surface area contributed by atoms with E-state index in [2.05, 4.69) is 31.4 Å². The quantitative estimate of drug-likeness (QED) is 0.805. The molecular weight excluding hydrogens is 284 g/mol. The number of H-pyrrole nitrogens is 1. The van der Waals surface area contributed by atoms with E-state index in [0.717, 1.165) is 10.0 Å². The molecule has 0 spiro atoms. The molecular formula is C11H11BrN4O. The minimum atomic E-state index is -0.225. The fourth-order valence-corrected chi connectivity index (χ4v) is 1.60. The van der Waals surface area contributed by atoms with Gasteiger partial charge in [0.1, 0.15) is 11.5 Å². The minimum Gasteiger partial charge on any atom is -0.382 e. The Balaban J connectivity index is 1.94. The van der Waals surface area contributed by atoms with Gasteiger partial charge in [0, 0.05) is 17.1 Å². The largest absolute Gasteiger partial charge is 0.382 e. The first-order chi connectivity index (χ1) is 8.15. The maximum atomic E-state index is 11.7. The van der Waals surface area contributed by atoms with Gasteiger partial charge in [0.2, 0.25) is 0 Å². The van der Waals surface area contributed by atoms with Crippen molar-refractivity contribution in [1.82, 2.24) is 15.5 Å². The molecule has 4 N–H and O–H groups in total. The smallest absolute Gasteiger partial charge is 0.269 e. The molecule has 2 aromatic rings. The van der Waals surface area contributed by atoms with Crippen LogP contribution >= 0.6 is 15.9 Å². The summed E-state index contributed by atoms with van der Waals surface area (Å²) in [7, 11) is 0. The van der Waals surface area contributed by atoms with E-state index in [4.69, 9.17) is 5.73 Å². The predicted octanol–water partition coefficient (Wildman–Crippen LogP) is 1.68. The fraction of sp³-hybridized carbons (Fsp3) is 0.0909. The molecule has 17 heavy (non-hydrogen) atoms. The second-order valence-corrected chi connectivity index (χ2v) is 4.43. The van der Waals surface area contributed by atoms with Crippen LogP contribution in [0.25, 0.3) is 0 Å². The van der Waals surface area contributed by atoms with Gasteiger partial charge in [-0.3, -0.25) is 9.89 Å². The Labute approximate surface area is 107 Å². The predicted molar refractivity (Wildman–Crippen MR) is 68.3 cm³/mol. The number of anilines is 1. The summed E-state index contributed by atoms with van der Waals surface area (Å²) in [5.74, 6) is 0.0795. The number of carbonyl (C=O) groups is 1. The summed E-state index contributed by atoms with van der Waals surface area (Å²) in [6.07, 6.45) is 0. The summed E-state index contributed by atoms with van der Waals surface area (Å²) in [4.78, 5) is 11.7. The third-order valence-electron chi connectivity index (χ3n) is 2.21. The highest BCUT2D eigenvalue weighted by Gasteiger charge is 2.07. The van der Waals surface area contributed by atoms with E-state index in [1.807, 2.05) is 24.3 Å². The number of halogens is 1. The van der Waals surface area contributed by atoms with E-state index in [1.165, 1.54) is 6.07 Å². The van der Waals surface area contributed by atoms with Crippen LogP contribution in [-0.2, 0) is 6.54 Å². The molecule has 0 aliphatic heterocycles. The SMILES string of the molecule is Nc1cc(C(=O)NCc2ccc(Br)cc2)[nH]n1. The zero-order valence-corrected chi connectivity index (χ0v) is 10.5. The summed E-state index contributed by atoms with van der Waals surface area (Å²) < 4.78 is 1.01. The molecule has 0 atom stereocenters. The fourth-order valence-electron chi connectivity index (χ4n) is 1.33. The molecule has 1 amide bonds. The molecule has 0 radical (unpaired) electrons. The summed E-state index contributed by atoms with van der Waals surface area (Å²) in [6, 6.07) is 9.22. The molecule has 0 saturated carbocycles. The van der Waals surface area contributed by atoms with Gasteiger partial charge in [-0.1, -0.05) is 28.1 Å².